The predicted octanol–water partition coefficient (Wildman–Crippen LogP) is 1.61. The Labute approximate surface area is 100 Å². The predicted molar refractivity (Wildman–Crippen MR) is 64.0 cm³/mol. The number of ether oxygens (including phenoxy) is 2. The third-order valence-electron chi connectivity index (χ3n) is 2.25. The van der Waals surface area contributed by atoms with Crippen molar-refractivity contribution in [1.29, 1.82) is 0 Å². The van der Waals surface area contributed by atoms with Crippen LogP contribution in [0.15, 0.2) is 12.1 Å². The molecule has 0 radical (unpaired) electrons. The zero-order chi connectivity index (χ0) is 13.0. The molecule has 0 spiro atoms. The van der Waals surface area contributed by atoms with E-state index in [9.17, 15) is 9.90 Å². The Morgan fingerprint density at radius 3 is 2.76 bits per heavy atom. The Morgan fingerprint density at radius 1 is 1.53 bits per heavy atom. The number of aromatic hydroxyl groups is 1. The average molecular weight is 239 g/mol. The van der Waals surface area contributed by atoms with Gasteiger partial charge in [-0.25, -0.2) is 4.79 Å². The summed E-state index contributed by atoms with van der Waals surface area (Å²) in [6.45, 7) is 5.40. The first-order chi connectivity index (χ1) is 7.95. The first-order valence-electron chi connectivity index (χ1n) is 5.38. The summed E-state index contributed by atoms with van der Waals surface area (Å²) in [5.74, 6) is -0.0953. The van der Waals surface area contributed by atoms with E-state index in [4.69, 9.17) is 15.2 Å². The highest BCUT2D eigenvalue weighted by atomic mass is 16.6. The Bertz CT molecular complexity index is 417. The van der Waals surface area contributed by atoms with Crippen molar-refractivity contribution < 1.29 is 19.4 Å². The minimum atomic E-state index is -0.725. The monoisotopic (exact) mass is 239 g/mol. The maximum atomic E-state index is 11.4. The second kappa shape index (κ2) is 5.43. The number of nitrogen functional groups attached to an aromatic ring is 1. The molecule has 0 bridgehead atoms. The molecule has 0 aliphatic rings. The molecule has 94 valence electrons. The summed E-state index contributed by atoms with van der Waals surface area (Å²) in [5, 5.41) is 9.46. The van der Waals surface area contributed by atoms with Crippen LogP contribution in [0.4, 0.5) is 5.69 Å². The van der Waals surface area contributed by atoms with E-state index in [0.29, 0.717) is 12.4 Å². The summed E-state index contributed by atoms with van der Waals surface area (Å²) in [7, 11) is 0. The average Bonchev–Trinajstić information content (AvgIpc) is 2.26. The van der Waals surface area contributed by atoms with Gasteiger partial charge in [-0.3, -0.25) is 0 Å². The summed E-state index contributed by atoms with van der Waals surface area (Å²) in [6.07, 6.45) is -0.725. The second-order valence-electron chi connectivity index (χ2n) is 3.69. The molecule has 0 heterocycles. The Hall–Kier alpha value is -1.91. The van der Waals surface area contributed by atoms with Crippen LogP contribution >= 0.6 is 0 Å². The van der Waals surface area contributed by atoms with Crippen LogP contribution in [0.2, 0.25) is 0 Å². The lowest BCUT2D eigenvalue weighted by Crippen LogP contribution is -2.26. The Morgan fingerprint density at radius 2 is 2.18 bits per heavy atom. The number of phenolic OH excluding ortho intramolecular Hbond substituents is 1. The highest BCUT2D eigenvalue weighted by Crippen LogP contribution is 2.30. The Balaban J connectivity index is 2.81. The van der Waals surface area contributed by atoms with E-state index < -0.39 is 12.1 Å². The molecule has 0 amide bonds. The van der Waals surface area contributed by atoms with Gasteiger partial charge >= 0.3 is 5.97 Å². The standard InChI is InChI=1S/C12H17NO4/c1-4-16-12(15)8(3)17-11-6-10(14)9(13)5-7(11)2/h5-6,8,14H,4,13H2,1-3H3. The number of nitrogens with two attached hydrogens (primary N) is 1. The van der Waals surface area contributed by atoms with E-state index >= 15 is 0 Å². The summed E-state index contributed by atoms with van der Waals surface area (Å²) in [4.78, 5) is 11.4. The van der Waals surface area contributed by atoms with Gasteiger partial charge in [0.05, 0.1) is 12.3 Å². The first-order valence-corrected chi connectivity index (χ1v) is 5.38. The molecule has 0 saturated carbocycles. The van der Waals surface area contributed by atoms with E-state index in [0.717, 1.165) is 5.56 Å². The lowest BCUT2D eigenvalue weighted by atomic mass is 10.2. The number of carbonyl (C=O) groups is 1. The smallest absolute Gasteiger partial charge is 0.347 e. The van der Waals surface area contributed by atoms with Gasteiger partial charge in [-0.2, -0.15) is 0 Å². The van der Waals surface area contributed by atoms with Gasteiger partial charge in [-0.15, -0.1) is 0 Å². The van der Waals surface area contributed by atoms with Crippen molar-refractivity contribution in [3.63, 3.8) is 0 Å². The number of hydrogen-bond acceptors (Lipinski definition) is 5. The molecule has 17 heavy (non-hydrogen) atoms. The molecule has 1 aromatic carbocycles. The molecule has 1 rings (SSSR count). The van der Waals surface area contributed by atoms with Crippen molar-refractivity contribution in [2.45, 2.75) is 26.9 Å². The highest BCUT2D eigenvalue weighted by molar-refractivity contribution is 5.74. The molecular weight excluding hydrogens is 222 g/mol. The van der Waals surface area contributed by atoms with Crippen LogP contribution in [0, 0.1) is 6.92 Å². The third-order valence-corrected chi connectivity index (χ3v) is 2.25. The molecule has 1 unspecified atom stereocenters. The van der Waals surface area contributed by atoms with Crippen LogP contribution in [-0.4, -0.2) is 23.8 Å². The fraction of sp³-hybridized carbons (Fsp3) is 0.417. The SMILES string of the molecule is CCOC(=O)C(C)Oc1cc(O)c(N)cc1C. The molecule has 0 aliphatic heterocycles. The molecule has 5 nitrogen and oxygen atoms in total. The number of hydrogen-bond donors (Lipinski definition) is 2. The summed E-state index contributed by atoms with van der Waals surface area (Å²) < 4.78 is 10.2. The van der Waals surface area contributed by atoms with Crippen molar-refractivity contribution in [2.75, 3.05) is 12.3 Å². The van der Waals surface area contributed by atoms with Gasteiger partial charge in [0.25, 0.3) is 0 Å². The van der Waals surface area contributed by atoms with E-state index in [-0.39, 0.29) is 11.4 Å². The summed E-state index contributed by atoms with van der Waals surface area (Å²) in [6, 6.07) is 2.98. The van der Waals surface area contributed by atoms with Gasteiger partial charge in [-0.1, -0.05) is 0 Å². The molecule has 3 N–H and O–H groups in total. The minimum absolute atomic E-state index is 0.0679. The number of anilines is 1. The number of benzene rings is 1. The van der Waals surface area contributed by atoms with Crippen molar-refractivity contribution >= 4 is 11.7 Å². The first kappa shape index (κ1) is 13.2. The van der Waals surface area contributed by atoms with Crippen molar-refractivity contribution in [2.24, 2.45) is 0 Å². The summed E-state index contributed by atoms with van der Waals surface area (Å²) >= 11 is 0. The molecule has 0 saturated heterocycles. The molecule has 0 aromatic heterocycles. The molecular formula is C12H17NO4. The van der Waals surface area contributed by atoms with Gasteiger partial charge in [0.15, 0.2) is 6.10 Å². The van der Waals surface area contributed by atoms with Crippen molar-refractivity contribution in [3.8, 4) is 11.5 Å². The van der Waals surface area contributed by atoms with E-state index in [1.165, 1.54) is 6.07 Å². The van der Waals surface area contributed by atoms with Gasteiger partial charge in [0.2, 0.25) is 0 Å². The number of aryl methyl sites for hydroxylation is 1. The molecule has 0 aliphatic carbocycles. The van der Waals surface area contributed by atoms with Crippen molar-refractivity contribution in [3.05, 3.63) is 17.7 Å². The number of phenols is 1. The zero-order valence-corrected chi connectivity index (χ0v) is 10.2. The number of rotatable bonds is 4. The van der Waals surface area contributed by atoms with Gasteiger partial charge in [0, 0.05) is 6.07 Å². The highest BCUT2D eigenvalue weighted by Gasteiger charge is 2.17. The lowest BCUT2D eigenvalue weighted by molar-refractivity contribution is -0.150. The molecule has 1 atom stereocenters. The maximum absolute atomic E-state index is 11.4. The van der Waals surface area contributed by atoms with E-state index in [1.54, 1.807) is 26.8 Å². The normalized spacial score (nSPS) is 11.9. The van der Waals surface area contributed by atoms with Gasteiger partial charge < -0.3 is 20.3 Å². The van der Waals surface area contributed by atoms with Crippen LogP contribution < -0.4 is 10.5 Å². The quantitative estimate of drug-likeness (QED) is 0.474. The number of esters is 1. The van der Waals surface area contributed by atoms with Crippen LogP contribution in [0.5, 0.6) is 11.5 Å². The topological polar surface area (TPSA) is 81.8 Å². The summed E-state index contributed by atoms with van der Waals surface area (Å²) in [5.41, 5.74) is 6.55. The molecule has 5 heteroatoms. The second-order valence-corrected chi connectivity index (χ2v) is 3.69. The van der Waals surface area contributed by atoms with Crippen LogP contribution in [0.25, 0.3) is 0 Å². The zero-order valence-electron chi connectivity index (χ0n) is 10.2. The van der Waals surface area contributed by atoms with Crippen molar-refractivity contribution in [1.82, 2.24) is 0 Å². The van der Waals surface area contributed by atoms with Crippen LogP contribution in [0.1, 0.15) is 19.4 Å². The van der Waals surface area contributed by atoms with E-state index in [2.05, 4.69) is 0 Å². The van der Waals surface area contributed by atoms with Crippen LogP contribution in [-0.2, 0) is 9.53 Å². The fourth-order valence-corrected chi connectivity index (χ4v) is 1.32. The Kier molecular flexibility index (Phi) is 4.20. The van der Waals surface area contributed by atoms with E-state index in [1.807, 2.05) is 0 Å². The fourth-order valence-electron chi connectivity index (χ4n) is 1.32. The lowest BCUT2D eigenvalue weighted by Gasteiger charge is -2.15. The van der Waals surface area contributed by atoms with Gasteiger partial charge in [-0.05, 0) is 32.4 Å². The van der Waals surface area contributed by atoms with Gasteiger partial charge in [0.1, 0.15) is 11.5 Å². The molecule has 0 fully saturated rings. The number of carbonyl (C=O) groups excluding carboxylic acids is 1. The van der Waals surface area contributed by atoms with Crippen LogP contribution in [0.3, 0.4) is 0 Å². The minimum Gasteiger partial charge on any atom is -0.506 e. The molecule has 1 aromatic rings. The third kappa shape index (κ3) is 3.27. The largest absolute Gasteiger partial charge is 0.506 e. The maximum Gasteiger partial charge on any atom is 0.347 e.